The van der Waals surface area contributed by atoms with Gasteiger partial charge in [0.2, 0.25) is 0 Å². The van der Waals surface area contributed by atoms with Gasteiger partial charge in [-0.2, -0.15) is 0 Å². The van der Waals surface area contributed by atoms with Crippen LogP contribution >= 0.6 is 0 Å². The van der Waals surface area contributed by atoms with Crippen LogP contribution in [0.4, 0.5) is 0 Å². The molecule has 0 heterocycles. The van der Waals surface area contributed by atoms with E-state index in [1.54, 1.807) is 0 Å². The van der Waals surface area contributed by atoms with Gasteiger partial charge in [-0.3, -0.25) is 0 Å². The number of ether oxygens (including phenoxy) is 1. The molecule has 1 aromatic rings. The summed E-state index contributed by atoms with van der Waals surface area (Å²) >= 11 is 0. The monoisotopic (exact) mass is 244 g/mol. The van der Waals surface area contributed by atoms with Crippen LogP contribution in [0.5, 0.6) is 0 Å². The summed E-state index contributed by atoms with van der Waals surface area (Å²) in [4.78, 5) is 0. The Morgan fingerprint density at radius 2 is 1.94 bits per heavy atom. The summed E-state index contributed by atoms with van der Waals surface area (Å²) in [5.41, 5.74) is 2.08. The molecule has 2 nitrogen and oxygen atoms in total. The summed E-state index contributed by atoms with van der Waals surface area (Å²) in [6, 6.07) is 7.99. The van der Waals surface area contributed by atoms with Crippen molar-refractivity contribution in [1.82, 2.24) is 0 Å². The minimum Gasteiger partial charge on any atom is -0.384 e. The topological polar surface area (TPSA) is 29.5 Å². The van der Waals surface area contributed by atoms with Crippen LogP contribution in [-0.2, 0) is 11.3 Å². The molecule has 1 aromatic carbocycles. The second-order valence-corrected chi connectivity index (χ2v) is 4.69. The maximum absolute atomic E-state index is 8.75. The lowest BCUT2D eigenvalue weighted by Gasteiger charge is -2.22. The van der Waals surface area contributed by atoms with Crippen LogP contribution in [0.3, 0.4) is 0 Å². The largest absolute Gasteiger partial charge is 0.384 e. The van der Waals surface area contributed by atoms with Crippen LogP contribution in [0.2, 0.25) is 0 Å². The van der Waals surface area contributed by atoms with Crippen molar-refractivity contribution in [3.05, 3.63) is 35.4 Å². The molecule has 1 saturated carbocycles. The van der Waals surface area contributed by atoms with Crippen LogP contribution in [0.1, 0.15) is 43.2 Å². The first-order valence-corrected chi connectivity index (χ1v) is 6.69. The SMILES string of the molecule is OCC#Cc1ccccc1COC1CCCCC1. The number of rotatable bonds is 3. The van der Waals surface area contributed by atoms with Gasteiger partial charge >= 0.3 is 0 Å². The molecule has 2 heteroatoms. The summed E-state index contributed by atoms with van der Waals surface area (Å²) in [7, 11) is 0. The van der Waals surface area contributed by atoms with E-state index in [1.807, 2.05) is 24.3 Å². The smallest absolute Gasteiger partial charge is 0.104 e. The van der Waals surface area contributed by atoms with Crippen LogP contribution < -0.4 is 0 Å². The van der Waals surface area contributed by atoms with E-state index in [9.17, 15) is 0 Å². The molecule has 0 unspecified atom stereocenters. The molecule has 1 aliphatic carbocycles. The van der Waals surface area contributed by atoms with Gasteiger partial charge in [0.05, 0.1) is 12.7 Å². The van der Waals surface area contributed by atoms with Gasteiger partial charge in [-0.25, -0.2) is 0 Å². The molecular formula is C16H20O2. The van der Waals surface area contributed by atoms with E-state index >= 15 is 0 Å². The quantitative estimate of drug-likeness (QED) is 0.828. The first-order chi connectivity index (χ1) is 8.90. The molecule has 96 valence electrons. The van der Waals surface area contributed by atoms with E-state index < -0.39 is 0 Å². The highest BCUT2D eigenvalue weighted by atomic mass is 16.5. The first kappa shape index (κ1) is 13.1. The average Bonchev–Trinajstić information content (AvgIpc) is 2.45. The predicted octanol–water partition coefficient (Wildman–Crippen LogP) is 2.88. The van der Waals surface area contributed by atoms with Crippen molar-refractivity contribution in [2.45, 2.75) is 44.8 Å². The molecule has 0 amide bonds. The summed E-state index contributed by atoms with van der Waals surface area (Å²) in [5, 5.41) is 8.75. The Kier molecular flexibility index (Phi) is 5.26. The maximum Gasteiger partial charge on any atom is 0.104 e. The zero-order chi connectivity index (χ0) is 12.6. The molecule has 2 rings (SSSR count). The second kappa shape index (κ2) is 7.20. The van der Waals surface area contributed by atoms with Crippen molar-refractivity contribution in [1.29, 1.82) is 0 Å². The molecular weight excluding hydrogens is 224 g/mol. The molecule has 0 bridgehead atoms. The van der Waals surface area contributed by atoms with Gasteiger partial charge in [-0.05, 0) is 24.5 Å². The van der Waals surface area contributed by atoms with Crippen molar-refractivity contribution in [3.63, 3.8) is 0 Å². The van der Waals surface area contributed by atoms with E-state index in [-0.39, 0.29) is 6.61 Å². The van der Waals surface area contributed by atoms with E-state index in [0.29, 0.717) is 12.7 Å². The van der Waals surface area contributed by atoms with Crippen LogP contribution in [0, 0.1) is 11.8 Å². The average molecular weight is 244 g/mol. The number of aliphatic hydroxyl groups is 1. The molecule has 0 saturated heterocycles. The zero-order valence-electron chi connectivity index (χ0n) is 10.7. The predicted molar refractivity (Wildman–Crippen MR) is 72.1 cm³/mol. The van der Waals surface area contributed by atoms with Crippen LogP contribution in [-0.4, -0.2) is 17.8 Å². The van der Waals surface area contributed by atoms with E-state index in [2.05, 4.69) is 11.8 Å². The van der Waals surface area contributed by atoms with Crippen molar-refractivity contribution in [2.24, 2.45) is 0 Å². The molecule has 0 radical (unpaired) electrons. The minimum atomic E-state index is -0.0994. The molecule has 18 heavy (non-hydrogen) atoms. The number of hydrogen-bond donors (Lipinski definition) is 1. The van der Waals surface area contributed by atoms with E-state index in [1.165, 1.54) is 32.1 Å². The summed E-state index contributed by atoms with van der Waals surface area (Å²) in [5.74, 6) is 5.66. The van der Waals surface area contributed by atoms with Crippen molar-refractivity contribution < 1.29 is 9.84 Å². The first-order valence-electron chi connectivity index (χ1n) is 6.69. The van der Waals surface area contributed by atoms with Crippen molar-refractivity contribution >= 4 is 0 Å². The van der Waals surface area contributed by atoms with Gasteiger partial charge in [0.1, 0.15) is 6.61 Å². The number of aliphatic hydroxyl groups excluding tert-OH is 1. The fourth-order valence-electron chi connectivity index (χ4n) is 2.34. The third-order valence-corrected chi connectivity index (χ3v) is 3.35. The third-order valence-electron chi connectivity index (χ3n) is 3.35. The number of hydrogen-bond acceptors (Lipinski definition) is 2. The lowest BCUT2D eigenvalue weighted by molar-refractivity contribution is 0.0168. The standard InChI is InChI=1S/C16H20O2/c17-12-6-9-14-7-4-5-8-15(14)13-18-16-10-2-1-3-11-16/h4-5,7-8,16-17H,1-3,10-13H2. The van der Waals surface area contributed by atoms with Crippen LogP contribution in [0.25, 0.3) is 0 Å². The minimum absolute atomic E-state index is 0.0994. The van der Waals surface area contributed by atoms with E-state index in [4.69, 9.17) is 9.84 Å². The Morgan fingerprint density at radius 3 is 2.72 bits per heavy atom. The van der Waals surface area contributed by atoms with Gasteiger partial charge in [0.25, 0.3) is 0 Å². The molecule has 1 aliphatic rings. The Hall–Kier alpha value is -1.30. The summed E-state index contributed by atoms with van der Waals surface area (Å²) in [6.07, 6.45) is 6.71. The summed E-state index contributed by atoms with van der Waals surface area (Å²) < 4.78 is 5.96. The van der Waals surface area contributed by atoms with Gasteiger partial charge in [-0.15, -0.1) is 0 Å². The Bertz CT molecular complexity index is 422. The number of benzene rings is 1. The Labute approximate surface area is 109 Å². The van der Waals surface area contributed by atoms with Gasteiger partial charge in [0, 0.05) is 5.56 Å². The molecule has 0 spiro atoms. The van der Waals surface area contributed by atoms with Gasteiger partial charge in [-0.1, -0.05) is 49.3 Å². The third kappa shape index (κ3) is 3.87. The fourth-order valence-corrected chi connectivity index (χ4v) is 2.34. The maximum atomic E-state index is 8.75. The Balaban J connectivity index is 1.95. The lowest BCUT2D eigenvalue weighted by atomic mass is 9.98. The molecule has 1 N–H and O–H groups in total. The molecule has 1 fully saturated rings. The Morgan fingerprint density at radius 1 is 1.17 bits per heavy atom. The molecule has 0 atom stereocenters. The highest BCUT2D eigenvalue weighted by Gasteiger charge is 2.13. The highest BCUT2D eigenvalue weighted by Crippen LogP contribution is 2.21. The highest BCUT2D eigenvalue weighted by molar-refractivity contribution is 5.40. The zero-order valence-corrected chi connectivity index (χ0v) is 10.7. The van der Waals surface area contributed by atoms with Gasteiger partial charge < -0.3 is 9.84 Å². The molecule has 0 aromatic heterocycles. The second-order valence-electron chi connectivity index (χ2n) is 4.69. The van der Waals surface area contributed by atoms with Crippen molar-refractivity contribution in [3.8, 4) is 11.8 Å². The fraction of sp³-hybridized carbons (Fsp3) is 0.500. The van der Waals surface area contributed by atoms with Crippen molar-refractivity contribution in [2.75, 3.05) is 6.61 Å². The lowest BCUT2D eigenvalue weighted by Crippen LogP contribution is -2.16. The summed E-state index contributed by atoms with van der Waals surface area (Å²) in [6.45, 7) is 0.527. The molecule has 0 aliphatic heterocycles. The van der Waals surface area contributed by atoms with Gasteiger partial charge in [0.15, 0.2) is 0 Å². The van der Waals surface area contributed by atoms with E-state index in [0.717, 1.165) is 11.1 Å². The van der Waals surface area contributed by atoms with Crippen LogP contribution in [0.15, 0.2) is 24.3 Å². The normalized spacial score (nSPS) is 16.1.